The molecule has 0 saturated heterocycles. The van der Waals surface area contributed by atoms with Crippen molar-refractivity contribution in [2.75, 3.05) is 13.2 Å². The molecule has 56 heavy (non-hydrogen) atoms. The van der Waals surface area contributed by atoms with Crippen LogP contribution >= 0.6 is 0 Å². The maximum atomic E-state index is 12.7. The Labute approximate surface area is 348 Å². The molecule has 0 aliphatic carbocycles. The molecule has 0 aromatic rings. The van der Waals surface area contributed by atoms with E-state index in [0.29, 0.717) is 19.3 Å². The Morgan fingerprint density at radius 2 is 0.607 bits per heavy atom. The van der Waals surface area contributed by atoms with Gasteiger partial charge in [0.2, 0.25) is 0 Å². The quantitative estimate of drug-likeness (QED) is 0.0264. The van der Waals surface area contributed by atoms with Gasteiger partial charge in [-0.3, -0.25) is 14.4 Å². The van der Waals surface area contributed by atoms with Crippen molar-refractivity contribution in [2.45, 2.75) is 277 Å². The lowest BCUT2D eigenvalue weighted by molar-refractivity contribution is -0.167. The van der Waals surface area contributed by atoms with Crippen molar-refractivity contribution in [3.63, 3.8) is 0 Å². The molecule has 6 heteroatoms. The molecule has 0 fully saturated rings. The fourth-order valence-corrected chi connectivity index (χ4v) is 7.25. The van der Waals surface area contributed by atoms with E-state index < -0.39 is 6.10 Å². The predicted molar refractivity (Wildman–Crippen MR) is 238 cm³/mol. The molecule has 0 aliphatic rings. The number of hydrogen-bond acceptors (Lipinski definition) is 6. The van der Waals surface area contributed by atoms with Crippen LogP contribution in [-0.4, -0.2) is 37.2 Å². The van der Waals surface area contributed by atoms with Crippen molar-refractivity contribution < 1.29 is 28.6 Å². The molecular formula is C50H94O6. The summed E-state index contributed by atoms with van der Waals surface area (Å²) in [6.07, 6.45) is 49.2. The molecule has 0 N–H and O–H groups in total. The summed E-state index contributed by atoms with van der Waals surface area (Å²) >= 11 is 0. The molecule has 330 valence electrons. The molecule has 0 spiro atoms. The third-order valence-electron chi connectivity index (χ3n) is 11.0. The zero-order chi connectivity index (χ0) is 40.8. The highest BCUT2D eigenvalue weighted by Gasteiger charge is 2.19. The molecule has 1 unspecified atom stereocenters. The summed E-state index contributed by atoms with van der Waals surface area (Å²) in [5.41, 5.74) is 0. The summed E-state index contributed by atoms with van der Waals surface area (Å²) in [7, 11) is 0. The topological polar surface area (TPSA) is 78.9 Å². The number of carbonyl (C=O) groups excluding carboxylic acids is 3. The summed E-state index contributed by atoms with van der Waals surface area (Å²) in [5, 5.41) is 0. The van der Waals surface area contributed by atoms with Crippen LogP contribution in [0.15, 0.2) is 12.2 Å². The van der Waals surface area contributed by atoms with Gasteiger partial charge in [-0.2, -0.15) is 0 Å². The zero-order valence-corrected chi connectivity index (χ0v) is 37.7. The number of ether oxygens (including phenoxy) is 3. The van der Waals surface area contributed by atoms with E-state index in [2.05, 4.69) is 32.9 Å². The summed E-state index contributed by atoms with van der Waals surface area (Å²) in [4.78, 5) is 37.7. The van der Waals surface area contributed by atoms with Gasteiger partial charge < -0.3 is 14.2 Å². The van der Waals surface area contributed by atoms with E-state index in [1.807, 2.05) is 0 Å². The molecule has 0 aromatic carbocycles. The van der Waals surface area contributed by atoms with E-state index in [0.717, 1.165) is 64.2 Å². The highest BCUT2D eigenvalue weighted by molar-refractivity contribution is 5.71. The van der Waals surface area contributed by atoms with Gasteiger partial charge in [0, 0.05) is 19.3 Å². The van der Waals surface area contributed by atoms with Crippen LogP contribution in [0.1, 0.15) is 271 Å². The van der Waals surface area contributed by atoms with Crippen LogP contribution in [-0.2, 0) is 28.6 Å². The Balaban J connectivity index is 4.23. The maximum Gasteiger partial charge on any atom is 0.306 e. The van der Waals surface area contributed by atoms with Crippen molar-refractivity contribution >= 4 is 17.9 Å². The van der Waals surface area contributed by atoms with Gasteiger partial charge in [-0.1, -0.05) is 226 Å². The second-order valence-corrected chi connectivity index (χ2v) is 16.7. The molecule has 0 heterocycles. The first-order valence-electron chi connectivity index (χ1n) is 24.7. The minimum absolute atomic E-state index is 0.0687. The monoisotopic (exact) mass is 791 g/mol. The van der Waals surface area contributed by atoms with E-state index in [-0.39, 0.29) is 31.1 Å². The zero-order valence-electron chi connectivity index (χ0n) is 37.7. The highest BCUT2D eigenvalue weighted by Crippen LogP contribution is 2.16. The fourth-order valence-electron chi connectivity index (χ4n) is 7.25. The van der Waals surface area contributed by atoms with Gasteiger partial charge in [0.05, 0.1) is 0 Å². The van der Waals surface area contributed by atoms with Gasteiger partial charge in [-0.15, -0.1) is 0 Å². The van der Waals surface area contributed by atoms with E-state index in [1.54, 1.807) is 0 Å². The molecular weight excluding hydrogens is 697 g/mol. The number of rotatable bonds is 45. The van der Waals surface area contributed by atoms with Crippen LogP contribution in [0.2, 0.25) is 0 Å². The first-order chi connectivity index (χ1) is 27.5. The van der Waals surface area contributed by atoms with Crippen molar-refractivity contribution in [1.29, 1.82) is 0 Å². The van der Waals surface area contributed by atoms with Crippen LogP contribution in [0.25, 0.3) is 0 Å². The lowest BCUT2D eigenvalue weighted by Gasteiger charge is -2.18. The molecule has 0 aliphatic heterocycles. The van der Waals surface area contributed by atoms with Crippen LogP contribution in [0.3, 0.4) is 0 Å². The fraction of sp³-hybridized carbons (Fsp3) is 0.900. The normalized spacial score (nSPS) is 12.0. The molecule has 0 saturated carbocycles. The van der Waals surface area contributed by atoms with Crippen molar-refractivity contribution in [3.8, 4) is 0 Å². The van der Waals surface area contributed by atoms with Gasteiger partial charge in [0.15, 0.2) is 6.10 Å². The first-order valence-corrected chi connectivity index (χ1v) is 24.7. The SMILES string of the molecule is CCCC/C=C\CCCCCCCC(=O)OC(COC(=O)CCCCCCCCCCC)COC(=O)CCCCCCCCCCCCCCCCCCCC. The lowest BCUT2D eigenvalue weighted by atomic mass is 10.0. The van der Waals surface area contributed by atoms with Crippen molar-refractivity contribution in [2.24, 2.45) is 0 Å². The molecule has 0 radical (unpaired) electrons. The van der Waals surface area contributed by atoms with Crippen molar-refractivity contribution in [1.82, 2.24) is 0 Å². The maximum absolute atomic E-state index is 12.7. The molecule has 0 bridgehead atoms. The van der Waals surface area contributed by atoms with Gasteiger partial charge in [-0.25, -0.2) is 0 Å². The number of allylic oxidation sites excluding steroid dienone is 2. The van der Waals surface area contributed by atoms with Gasteiger partial charge in [0.25, 0.3) is 0 Å². The van der Waals surface area contributed by atoms with Crippen LogP contribution in [0.4, 0.5) is 0 Å². The molecule has 6 nitrogen and oxygen atoms in total. The van der Waals surface area contributed by atoms with Gasteiger partial charge in [0.1, 0.15) is 13.2 Å². The Morgan fingerprint density at radius 3 is 0.946 bits per heavy atom. The number of hydrogen-bond donors (Lipinski definition) is 0. The Hall–Kier alpha value is -1.85. The van der Waals surface area contributed by atoms with E-state index in [4.69, 9.17) is 14.2 Å². The average Bonchev–Trinajstić information content (AvgIpc) is 3.19. The van der Waals surface area contributed by atoms with E-state index in [1.165, 1.54) is 167 Å². The first kappa shape index (κ1) is 54.2. The third kappa shape index (κ3) is 43.3. The molecule has 0 amide bonds. The minimum Gasteiger partial charge on any atom is -0.462 e. The molecule has 0 rings (SSSR count). The van der Waals surface area contributed by atoms with E-state index in [9.17, 15) is 14.4 Å². The Kier molecular flexibility index (Phi) is 44.3. The standard InChI is InChI=1S/C50H94O6/c1-4-7-10-13-16-19-21-22-23-24-25-26-27-29-31-34-37-40-43-49(52)55-46-47(45-54-48(51)42-39-36-33-30-18-15-12-9-6-3)56-50(53)44-41-38-35-32-28-20-17-14-11-8-5-2/h14,17,47H,4-13,15-16,18-46H2,1-3H3/b17-14-. The predicted octanol–water partition coefficient (Wildman–Crippen LogP) is 15.8. The third-order valence-corrected chi connectivity index (χ3v) is 11.0. The summed E-state index contributed by atoms with van der Waals surface area (Å²) in [6, 6.07) is 0. The lowest BCUT2D eigenvalue weighted by Crippen LogP contribution is -2.30. The van der Waals surface area contributed by atoms with E-state index >= 15 is 0 Å². The largest absolute Gasteiger partial charge is 0.462 e. The van der Waals surface area contributed by atoms with Gasteiger partial charge in [-0.05, 0) is 38.5 Å². The summed E-state index contributed by atoms with van der Waals surface area (Å²) in [5.74, 6) is -0.869. The van der Waals surface area contributed by atoms with Crippen LogP contribution in [0.5, 0.6) is 0 Å². The van der Waals surface area contributed by atoms with Crippen LogP contribution in [0, 0.1) is 0 Å². The molecule has 1 atom stereocenters. The Morgan fingerprint density at radius 1 is 0.339 bits per heavy atom. The summed E-state index contributed by atoms with van der Waals surface area (Å²) < 4.78 is 16.7. The smallest absolute Gasteiger partial charge is 0.306 e. The second kappa shape index (κ2) is 45.8. The highest BCUT2D eigenvalue weighted by atomic mass is 16.6. The number of unbranched alkanes of at least 4 members (excludes halogenated alkanes) is 32. The Bertz CT molecular complexity index is 870. The van der Waals surface area contributed by atoms with Gasteiger partial charge >= 0.3 is 17.9 Å². The minimum atomic E-state index is -0.765. The average molecular weight is 791 g/mol. The number of esters is 3. The molecule has 0 aromatic heterocycles. The van der Waals surface area contributed by atoms with Crippen molar-refractivity contribution in [3.05, 3.63) is 12.2 Å². The summed E-state index contributed by atoms with van der Waals surface area (Å²) in [6.45, 7) is 6.60. The second-order valence-electron chi connectivity index (χ2n) is 16.7. The van der Waals surface area contributed by atoms with Crippen LogP contribution < -0.4 is 0 Å². The number of carbonyl (C=O) groups is 3.